The first kappa shape index (κ1) is 13.1. The molecule has 1 aromatic rings. The topological polar surface area (TPSA) is 40.5 Å². The van der Waals surface area contributed by atoms with Gasteiger partial charge in [0.1, 0.15) is 0 Å². The van der Waals surface area contributed by atoms with E-state index in [-0.39, 0.29) is 11.8 Å². The molecule has 18 heavy (non-hydrogen) atoms. The number of carbonyl (C=O) groups excluding carboxylic acids is 1. The molecule has 1 fully saturated rings. The molecular formula is C15H21NO2. The Labute approximate surface area is 108 Å². The van der Waals surface area contributed by atoms with E-state index in [1.807, 2.05) is 35.2 Å². The molecule has 3 heteroatoms. The number of aliphatic hydroxyl groups is 1. The molecule has 2 rings (SSSR count). The Bertz CT molecular complexity index is 391. The summed E-state index contributed by atoms with van der Waals surface area (Å²) < 4.78 is 0. The van der Waals surface area contributed by atoms with Crippen molar-refractivity contribution in [1.29, 1.82) is 0 Å². The van der Waals surface area contributed by atoms with Crippen LogP contribution < -0.4 is 0 Å². The summed E-state index contributed by atoms with van der Waals surface area (Å²) >= 11 is 0. The number of nitrogens with zero attached hydrogens (tertiary/aromatic N) is 1. The highest BCUT2D eigenvalue weighted by atomic mass is 16.3. The molecule has 1 N–H and O–H groups in total. The zero-order chi connectivity index (χ0) is 13.0. The molecule has 1 aliphatic rings. The van der Waals surface area contributed by atoms with Crippen LogP contribution in [0.5, 0.6) is 0 Å². The molecule has 1 heterocycles. The molecule has 0 aliphatic carbocycles. The number of rotatable bonds is 5. The normalized spacial score (nSPS) is 21.3. The van der Waals surface area contributed by atoms with E-state index in [9.17, 15) is 9.90 Å². The Hall–Kier alpha value is -1.35. The third kappa shape index (κ3) is 2.91. The molecule has 0 saturated carbocycles. The third-order valence-electron chi connectivity index (χ3n) is 3.61. The van der Waals surface area contributed by atoms with Gasteiger partial charge in [0.25, 0.3) is 0 Å². The molecule has 0 spiro atoms. The molecule has 98 valence electrons. The minimum absolute atomic E-state index is 0.0387. The summed E-state index contributed by atoms with van der Waals surface area (Å²) in [5.41, 5.74) is 0.910. The van der Waals surface area contributed by atoms with Gasteiger partial charge in [0.2, 0.25) is 5.91 Å². The van der Waals surface area contributed by atoms with E-state index in [1.165, 1.54) is 0 Å². The largest absolute Gasteiger partial charge is 0.388 e. The molecule has 0 bridgehead atoms. The van der Waals surface area contributed by atoms with Crippen molar-refractivity contribution in [2.75, 3.05) is 13.1 Å². The predicted octanol–water partition coefficient (Wildman–Crippen LogP) is 2.37. The summed E-state index contributed by atoms with van der Waals surface area (Å²) in [7, 11) is 0. The summed E-state index contributed by atoms with van der Waals surface area (Å²) in [6.07, 6.45) is 2.08. The van der Waals surface area contributed by atoms with E-state index in [1.54, 1.807) is 0 Å². The maximum absolute atomic E-state index is 11.8. The van der Waals surface area contributed by atoms with Crippen LogP contribution in [0.1, 0.15) is 37.9 Å². The Kier molecular flexibility index (Phi) is 4.37. The average Bonchev–Trinajstić information content (AvgIpc) is 2.78. The lowest BCUT2D eigenvalue weighted by molar-refractivity contribution is -0.127. The van der Waals surface area contributed by atoms with Crippen LogP contribution in [0.4, 0.5) is 0 Å². The van der Waals surface area contributed by atoms with E-state index in [4.69, 9.17) is 0 Å². The van der Waals surface area contributed by atoms with E-state index < -0.39 is 6.10 Å². The van der Waals surface area contributed by atoms with Crippen LogP contribution in [0.25, 0.3) is 0 Å². The maximum atomic E-state index is 11.8. The molecule has 0 aromatic heterocycles. The first-order valence-corrected chi connectivity index (χ1v) is 6.73. The van der Waals surface area contributed by atoms with Crippen molar-refractivity contribution < 1.29 is 9.90 Å². The van der Waals surface area contributed by atoms with Gasteiger partial charge in [-0.3, -0.25) is 4.79 Å². The van der Waals surface area contributed by atoms with Crippen LogP contribution in [0.2, 0.25) is 0 Å². The number of unbranched alkanes of at least 4 members (excludes halogenated alkanes) is 1. The lowest BCUT2D eigenvalue weighted by Crippen LogP contribution is -2.26. The van der Waals surface area contributed by atoms with Crippen LogP contribution in [-0.2, 0) is 4.79 Å². The van der Waals surface area contributed by atoms with Gasteiger partial charge in [0.15, 0.2) is 0 Å². The molecule has 3 nitrogen and oxygen atoms in total. The van der Waals surface area contributed by atoms with Crippen molar-refractivity contribution in [2.45, 2.75) is 32.3 Å². The predicted molar refractivity (Wildman–Crippen MR) is 71.0 cm³/mol. The van der Waals surface area contributed by atoms with Gasteiger partial charge in [-0.1, -0.05) is 43.7 Å². The van der Waals surface area contributed by atoms with Crippen LogP contribution in [0, 0.1) is 5.92 Å². The SMILES string of the molecule is CCCCN1CC(C(O)c2ccccc2)CC1=O. The number of amides is 1. The Morgan fingerprint density at radius 1 is 1.39 bits per heavy atom. The van der Waals surface area contributed by atoms with Crippen LogP contribution in [-0.4, -0.2) is 29.0 Å². The van der Waals surface area contributed by atoms with Gasteiger partial charge in [-0.05, 0) is 12.0 Å². The van der Waals surface area contributed by atoms with E-state index in [2.05, 4.69) is 6.92 Å². The van der Waals surface area contributed by atoms with E-state index >= 15 is 0 Å². The summed E-state index contributed by atoms with van der Waals surface area (Å²) in [5.74, 6) is 0.222. The highest BCUT2D eigenvalue weighted by Gasteiger charge is 2.34. The summed E-state index contributed by atoms with van der Waals surface area (Å²) in [5, 5.41) is 10.3. The molecule has 1 amide bonds. The fourth-order valence-corrected chi connectivity index (χ4v) is 2.50. The second kappa shape index (κ2) is 6.01. The summed E-state index contributed by atoms with van der Waals surface area (Å²) in [6.45, 7) is 3.64. The monoisotopic (exact) mass is 247 g/mol. The van der Waals surface area contributed by atoms with Crippen molar-refractivity contribution >= 4 is 5.91 Å². The minimum atomic E-state index is -0.526. The summed E-state index contributed by atoms with van der Waals surface area (Å²) in [4.78, 5) is 13.7. The first-order valence-electron chi connectivity index (χ1n) is 6.73. The highest BCUT2D eigenvalue weighted by Crippen LogP contribution is 2.30. The average molecular weight is 247 g/mol. The molecule has 1 aromatic carbocycles. The van der Waals surface area contributed by atoms with E-state index in [0.717, 1.165) is 24.9 Å². The van der Waals surface area contributed by atoms with Gasteiger partial charge in [-0.25, -0.2) is 0 Å². The van der Waals surface area contributed by atoms with Crippen LogP contribution in [0.15, 0.2) is 30.3 Å². The molecular weight excluding hydrogens is 226 g/mol. The van der Waals surface area contributed by atoms with Gasteiger partial charge in [0.05, 0.1) is 6.10 Å². The van der Waals surface area contributed by atoms with Crippen molar-refractivity contribution in [3.05, 3.63) is 35.9 Å². The molecule has 0 radical (unpaired) electrons. The minimum Gasteiger partial charge on any atom is -0.388 e. The first-order chi connectivity index (χ1) is 8.72. The maximum Gasteiger partial charge on any atom is 0.223 e. The fraction of sp³-hybridized carbons (Fsp3) is 0.533. The summed E-state index contributed by atoms with van der Waals surface area (Å²) in [6, 6.07) is 9.62. The Morgan fingerprint density at radius 3 is 2.78 bits per heavy atom. The quantitative estimate of drug-likeness (QED) is 0.867. The van der Waals surface area contributed by atoms with E-state index in [0.29, 0.717) is 13.0 Å². The number of benzene rings is 1. The molecule has 1 aliphatic heterocycles. The second-order valence-electron chi connectivity index (χ2n) is 5.01. The third-order valence-corrected chi connectivity index (χ3v) is 3.61. The van der Waals surface area contributed by atoms with Gasteiger partial charge in [-0.15, -0.1) is 0 Å². The Balaban J connectivity index is 1.97. The smallest absolute Gasteiger partial charge is 0.223 e. The zero-order valence-corrected chi connectivity index (χ0v) is 10.9. The number of carbonyl (C=O) groups is 1. The number of hydrogen-bond acceptors (Lipinski definition) is 2. The number of aliphatic hydroxyl groups excluding tert-OH is 1. The van der Waals surface area contributed by atoms with Gasteiger partial charge >= 0.3 is 0 Å². The van der Waals surface area contributed by atoms with Crippen molar-refractivity contribution in [1.82, 2.24) is 4.90 Å². The van der Waals surface area contributed by atoms with Crippen LogP contribution in [0.3, 0.4) is 0 Å². The second-order valence-corrected chi connectivity index (χ2v) is 5.01. The standard InChI is InChI=1S/C15H21NO2/c1-2-3-9-16-11-13(10-14(16)17)15(18)12-7-5-4-6-8-12/h4-8,13,15,18H,2-3,9-11H2,1H3. The van der Waals surface area contributed by atoms with Crippen molar-refractivity contribution in [3.8, 4) is 0 Å². The Morgan fingerprint density at radius 2 is 2.11 bits per heavy atom. The van der Waals surface area contributed by atoms with Crippen molar-refractivity contribution in [2.24, 2.45) is 5.92 Å². The highest BCUT2D eigenvalue weighted by molar-refractivity contribution is 5.78. The molecule has 1 saturated heterocycles. The van der Waals surface area contributed by atoms with Gasteiger partial charge in [-0.2, -0.15) is 0 Å². The number of hydrogen-bond donors (Lipinski definition) is 1. The van der Waals surface area contributed by atoms with Crippen LogP contribution >= 0.6 is 0 Å². The molecule has 2 unspecified atom stereocenters. The fourth-order valence-electron chi connectivity index (χ4n) is 2.50. The van der Waals surface area contributed by atoms with Crippen molar-refractivity contribution in [3.63, 3.8) is 0 Å². The van der Waals surface area contributed by atoms with Gasteiger partial charge < -0.3 is 10.0 Å². The lowest BCUT2D eigenvalue weighted by Gasteiger charge is -2.19. The number of likely N-dealkylation sites (tertiary alicyclic amines) is 1. The van der Waals surface area contributed by atoms with Gasteiger partial charge in [0, 0.05) is 25.4 Å². The lowest BCUT2D eigenvalue weighted by atomic mass is 9.95. The zero-order valence-electron chi connectivity index (χ0n) is 10.9. The molecule has 2 atom stereocenters.